The summed E-state index contributed by atoms with van der Waals surface area (Å²) in [5, 5.41) is 9.85. The van der Waals surface area contributed by atoms with Crippen LogP contribution in [0.1, 0.15) is 16.3 Å². The van der Waals surface area contributed by atoms with Crippen LogP contribution >= 0.6 is 35.0 Å². The fraction of sp³-hybridized carbons (Fsp3) is 0.0833. The van der Waals surface area contributed by atoms with Crippen molar-refractivity contribution in [2.75, 3.05) is 0 Å². The molecule has 0 atom stereocenters. The maximum atomic E-state index is 10.6. The predicted octanol–water partition coefficient (Wildman–Crippen LogP) is 4.58. The lowest BCUT2D eigenvalue weighted by atomic mass is 10.4. The first-order chi connectivity index (χ1) is 8.54. The van der Waals surface area contributed by atoms with Gasteiger partial charge < -0.3 is 9.52 Å². The van der Waals surface area contributed by atoms with Crippen LogP contribution in [0.2, 0.25) is 10.0 Å². The Morgan fingerprint density at radius 2 is 1.89 bits per heavy atom. The molecule has 0 aliphatic heterocycles. The maximum absolute atomic E-state index is 10.6. The van der Waals surface area contributed by atoms with Crippen molar-refractivity contribution in [1.82, 2.24) is 0 Å². The molecular weight excluding hydrogens is 295 g/mol. The Kier molecular flexibility index (Phi) is 4.22. The van der Waals surface area contributed by atoms with Gasteiger partial charge in [0.1, 0.15) is 5.76 Å². The van der Waals surface area contributed by atoms with Gasteiger partial charge in [-0.1, -0.05) is 23.2 Å². The summed E-state index contributed by atoms with van der Waals surface area (Å²) in [6, 6.07) is 8.31. The molecular formula is C12H8Cl2O3S. The predicted molar refractivity (Wildman–Crippen MR) is 71.7 cm³/mol. The zero-order valence-electron chi connectivity index (χ0n) is 9.02. The average Bonchev–Trinajstić information content (AvgIpc) is 2.73. The first-order valence-corrected chi connectivity index (χ1v) is 6.69. The van der Waals surface area contributed by atoms with Crippen molar-refractivity contribution in [1.29, 1.82) is 0 Å². The number of thioether (sulfide) groups is 1. The molecule has 2 rings (SSSR count). The highest BCUT2D eigenvalue weighted by molar-refractivity contribution is 7.98. The molecule has 6 heteroatoms. The number of hydrogen-bond acceptors (Lipinski definition) is 3. The Bertz CT molecular complexity index is 560. The van der Waals surface area contributed by atoms with Gasteiger partial charge >= 0.3 is 5.97 Å². The minimum absolute atomic E-state index is 0.0604. The van der Waals surface area contributed by atoms with Crippen LogP contribution in [0.3, 0.4) is 0 Å². The number of furan rings is 1. The second kappa shape index (κ2) is 5.69. The lowest BCUT2D eigenvalue weighted by Crippen LogP contribution is -1.91. The number of aromatic carboxylic acids is 1. The number of benzene rings is 1. The van der Waals surface area contributed by atoms with Gasteiger partial charge in [0.25, 0.3) is 0 Å². The van der Waals surface area contributed by atoms with Crippen molar-refractivity contribution in [2.45, 2.75) is 10.6 Å². The fourth-order valence-electron chi connectivity index (χ4n) is 1.34. The van der Waals surface area contributed by atoms with E-state index < -0.39 is 5.97 Å². The molecule has 0 aliphatic carbocycles. The van der Waals surface area contributed by atoms with Crippen LogP contribution in [0, 0.1) is 0 Å². The van der Waals surface area contributed by atoms with E-state index in [1.54, 1.807) is 24.3 Å². The average molecular weight is 303 g/mol. The molecule has 0 bridgehead atoms. The lowest BCUT2D eigenvalue weighted by molar-refractivity contribution is 0.0661. The fourth-order valence-corrected chi connectivity index (χ4v) is 2.88. The summed E-state index contributed by atoms with van der Waals surface area (Å²) in [6.45, 7) is 0. The monoisotopic (exact) mass is 302 g/mol. The first kappa shape index (κ1) is 13.3. The Hall–Kier alpha value is -1.10. The largest absolute Gasteiger partial charge is 0.475 e. The van der Waals surface area contributed by atoms with E-state index in [1.807, 2.05) is 0 Å². The highest BCUT2D eigenvalue weighted by atomic mass is 35.5. The van der Waals surface area contributed by atoms with Gasteiger partial charge in [-0.3, -0.25) is 0 Å². The summed E-state index contributed by atoms with van der Waals surface area (Å²) in [6.07, 6.45) is 0. The zero-order valence-corrected chi connectivity index (χ0v) is 11.4. The van der Waals surface area contributed by atoms with E-state index in [1.165, 1.54) is 17.8 Å². The van der Waals surface area contributed by atoms with Crippen LogP contribution in [0.5, 0.6) is 0 Å². The summed E-state index contributed by atoms with van der Waals surface area (Å²) < 4.78 is 5.14. The standard InChI is InChI=1S/C12H8Cl2O3S/c13-7-3-8(14)5-10(4-7)18-6-9-1-2-11(17-9)12(15)16/h1-5H,6H2,(H,15,16). The van der Waals surface area contributed by atoms with Crippen molar-refractivity contribution in [3.05, 3.63) is 51.9 Å². The molecule has 0 saturated heterocycles. The lowest BCUT2D eigenvalue weighted by Gasteiger charge is -2.01. The third-order valence-corrected chi connectivity index (χ3v) is 3.52. The number of halogens is 2. The molecule has 0 spiro atoms. The van der Waals surface area contributed by atoms with Gasteiger partial charge in [-0.05, 0) is 30.3 Å². The van der Waals surface area contributed by atoms with E-state index in [2.05, 4.69) is 0 Å². The number of rotatable bonds is 4. The first-order valence-electron chi connectivity index (χ1n) is 4.95. The molecule has 3 nitrogen and oxygen atoms in total. The maximum Gasteiger partial charge on any atom is 0.371 e. The van der Waals surface area contributed by atoms with Crippen molar-refractivity contribution >= 4 is 40.9 Å². The Balaban J connectivity index is 2.04. The SMILES string of the molecule is O=C(O)c1ccc(CSc2cc(Cl)cc(Cl)c2)o1. The van der Waals surface area contributed by atoms with Crippen LogP contribution in [-0.4, -0.2) is 11.1 Å². The van der Waals surface area contributed by atoms with E-state index in [4.69, 9.17) is 32.7 Å². The number of carboxylic acid groups (broad SMARTS) is 1. The molecule has 0 radical (unpaired) electrons. The van der Waals surface area contributed by atoms with Gasteiger partial charge in [-0.2, -0.15) is 0 Å². The summed E-state index contributed by atoms with van der Waals surface area (Å²) in [7, 11) is 0. The smallest absolute Gasteiger partial charge is 0.371 e. The van der Waals surface area contributed by atoms with E-state index >= 15 is 0 Å². The van der Waals surface area contributed by atoms with Gasteiger partial charge in [0.15, 0.2) is 0 Å². The third-order valence-electron chi connectivity index (χ3n) is 2.09. The third kappa shape index (κ3) is 3.45. The Labute approximate surface area is 118 Å². The molecule has 0 amide bonds. The minimum atomic E-state index is -1.07. The van der Waals surface area contributed by atoms with Gasteiger partial charge in [0, 0.05) is 14.9 Å². The van der Waals surface area contributed by atoms with Crippen LogP contribution in [0.15, 0.2) is 39.6 Å². The summed E-state index contributed by atoms with van der Waals surface area (Å²) in [4.78, 5) is 11.5. The summed E-state index contributed by atoms with van der Waals surface area (Å²) in [5.74, 6) is -0.0236. The highest BCUT2D eigenvalue weighted by Crippen LogP contribution is 2.29. The highest BCUT2D eigenvalue weighted by Gasteiger charge is 2.09. The molecule has 0 fully saturated rings. The molecule has 1 N–H and O–H groups in total. The van der Waals surface area contributed by atoms with Crippen molar-refractivity contribution in [3.63, 3.8) is 0 Å². The molecule has 94 valence electrons. The number of hydrogen-bond donors (Lipinski definition) is 1. The Morgan fingerprint density at radius 3 is 2.44 bits per heavy atom. The zero-order chi connectivity index (χ0) is 13.1. The second-order valence-electron chi connectivity index (χ2n) is 3.46. The molecule has 2 aromatic rings. The van der Waals surface area contributed by atoms with Crippen molar-refractivity contribution < 1.29 is 14.3 Å². The quantitative estimate of drug-likeness (QED) is 0.840. The normalized spacial score (nSPS) is 10.6. The Morgan fingerprint density at radius 1 is 1.22 bits per heavy atom. The number of carbonyl (C=O) groups is 1. The van der Waals surface area contributed by atoms with E-state index in [0.29, 0.717) is 21.6 Å². The second-order valence-corrected chi connectivity index (χ2v) is 5.39. The molecule has 1 aromatic carbocycles. The van der Waals surface area contributed by atoms with E-state index in [9.17, 15) is 4.79 Å². The molecule has 1 aromatic heterocycles. The van der Waals surface area contributed by atoms with E-state index in [0.717, 1.165) is 4.90 Å². The van der Waals surface area contributed by atoms with Crippen LogP contribution < -0.4 is 0 Å². The van der Waals surface area contributed by atoms with Gasteiger partial charge in [0.2, 0.25) is 5.76 Å². The van der Waals surface area contributed by atoms with Crippen LogP contribution in [-0.2, 0) is 5.75 Å². The van der Waals surface area contributed by atoms with Gasteiger partial charge in [-0.25, -0.2) is 4.79 Å². The van der Waals surface area contributed by atoms with Gasteiger partial charge in [-0.15, -0.1) is 11.8 Å². The topological polar surface area (TPSA) is 50.4 Å². The molecule has 0 saturated carbocycles. The van der Waals surface area contributed by atoms with Crippen LogP contribution in [0.25, 0.3) is 0 Å². The molecule has 0 unspecified atom stereocenters. The van der Waals surface area contributed by atoms with Crippen molar-refractivity contribution in [3.8, 4) is 0 Å². The van der Waals surface area contributed by atoms with Gasteiger partial charge in [0.05, 0.1) is 5.75 Å². The minimum Gasteiger partial charge on any atom is -0.475 e. The van der Waals surface area contributed by atoms with Crippen molar-refractivity contribution in [2.24, 2.45) is 0 Å². The molecule has 18 heavy (non-hydrogen) atoms. The van der Waals surface area contributed by atoms with E-state index in [-0.39, 0.29) is 5.76 Å². The van der Waals surface area contributed by atoms with Crippen LogP contribution in [0.4, 0.5) is 0 Å². The number of carboxylic acids is 1. The summed E-state index contributed by atoms with van der Waals surface area (Å²) in [5.41, 5.74) is 0. The molecule has 0 aliphatic rings. The summed E-state index contributed by atoms with van der Waals surface area (Å²) >= 11 is 13.2. The molecule has 1 heterocycles.